The molecule has 0 bridgehead atoms. The van der Waals surface area contributed by atoms with Gasteiger partial charge in [0.2, 0.25) is 0 Å². The van der Waals surface area contributed by atoms with Crippen LogP contribution in [0.1, 0.15) is 48.0 Å². The van der Waals surface area contributed by atoms with Crippen molar-refractivity contribution in [3.05, 3.63) is 39.3 Å². The van der Waals surface area contributed by atoms with E-state index in [-0.39, 0.29) is 0 Å². The Kier molecular flexibility index (Phi) is 4.77. The second-order valence-corrected chi connectivity index (χ2v) is 5.87. The molecule has 1 N–H and O–H groups in total. The van der Waals surface area contributed by atoms with E-state index in [9.17, 15) is 5.11 Å². The molecule has 2 heterocycles. The molecule has 0 saturated carbocycles. The number of aliphatic hydroxyl groups is 1. The van der Waals surface area contributed by atoms with Gasteiger partial charge < -0.3 is 5.11 Å². The molecule has 0 aromatic carbocycles. The number of nitrogens with zero attached hydrogens (tertiary/aromatic N) is 2. The number of hydrogen-bond donors (Lipinski definition) is 1. The Morgan fingerprint density at radius 3 is 2.63 bits per heavy atom. The molecule has 0 fully saturated rings. The van der Waals surface area contributed by atoms with E-state index in [1.807, 2.05) is 10.7 Å². The van der Waals surface area contributed by atoms with Gasteiger partial charge in [-0.1, -0.05) is 13.8 Å². The molecule has 4 heteroatoms. The van der Waals surface area contributed by atoms with Crippen LogP contribution >= 0.6 is 11.3 Å². The first kappa shape index (κ1) is 14.3. The predicted molar refractivity (Wildman–Crippen MR) is 79.6 cm³/mol. The van der Waals surface area contributed by atoms with Crippen LogP contribution in [0.3, 0.4) is 0 Å². The van der Waals surface area contributed by atoms with Crippen LogP contribution in [0, 0.1) is 0 Å². The van der Waals surface area contributed by atoms with Gasteiger partial charge in [-0.05, 0) is 38.0 Å². The zero-order valence-corrected chi connectivity index (χ0v) is 12.7. The fraction of sp³-hybridized carbons (Fsp3) is 0.533. The molecule has 1 atom stereocenters. The summed E-state index contributed by atoms with van der Waals surface area (Å²) in [5.41, 5.74) is 2.22. The molecule has 0 radical (unpaired) electrons. The summed E-state index contributed by atoms with van der Waals surface area (Å²) in [7, 11) is 0. The summed E-state index contributed by atoms with van der Waals surface area (Å²) in [6, 6.07) is 6.26. The number of thiophene rings is 1. The standard InChI is InChI=1S/C15H22N2OS/c1-4-11-9-12(17(6-3)16-11)10-14(18)15-8-7-13(5-2)19-15/h7-9,14,18H,4-6,10H2,1-3H3. The lowest BCUT2D eigenvalue weighted by Gasteiger charge is -2.09. The van der Waals surface area contributed by atoms with E-state index in [2.05, 4.69) is 38.0 Å². The van der Waals surface area contributed by atoms with E-state index in [0.29, 0.717) is 6.42 Å². The first-order valence-electron chi connectivity index (χ1n) is 7.00. The smallest absolute Gasteiger partial charge is 0.0937 e. The molecule has 0 spiro atoms. The van der Waals surface area contributed by atoms with E-state index in [1.165, 1.54) is 4.88 Å². The molecule has 0 amide bonds. The van der Waals surface area contributed by atoms with Crippen molar-refractivity contribution in [2.45, 2.75) is 52.7 Å². The second kappa shape index (κ2) is 6.35. The summed E-state index contributed by atoms with van der Waals surface area (Å²) in [6.07, 6.45) is 2.20. The Balaban J connectivity index is 2.13. The summed E-state index contributed by atoms with van der Waals surface area (Å²) >= 11 is 1.71. The van der Waals surface area contributed by atoms with Crippen molar-refractivity contribution in [2.75, 3.05) is 0 Å². The van der Waals surface area contributed by atoms with Crippen molar-refractivity contribution in [2.24, 2.45) is 0 Å². The Bertz CT molecular complexity index is 530. The number of aliphatic hydroxyl groups excluding tert-OH is 1. The van der Waals surface area contributed by atoms with Crippen LogP contribution in [0.2, 0.25) is 0 Å². The van der Waals surface area contributed by atoms with E-state index < -0.39 is 6.10 Å². The molecule has 19 heavy (non-hydrogen) atoms. The predicted octanol–water partition coefficient (Wildman–Crippen LogP) is 3.37. The van der Waals surface area contributed by atoms with Gasteiger partial charge in [0.05, 0.1) is 11.8 Å². The average Bonchev–Trinajstić information content (AvgIpc) is 3.04. The summed E-state index contributed by atoms with van der Waals surface area (Å²) in [4.78, 5) is 2.38. The molecule has 3 nitrogen and oxygen atoms in total. The fourth-order valence-electron chi connectivity index (χ4n) is 2.19. The molecule has 2 aromatic heterocycles. The lowest BCUT2D eigenvalue weighted by Crippen LogP contribution is -2.07. The third-order valence-electron chi connectivity index (χ3n) is 3.34. The summed E-state index contributed by atoms with van der Waals surface area (Å²) in [5, 5.41) is 14.9. The third-order valence-corrected chi connectivity index (χ3v) is 4.67. The third kappa shape index (κ3) is 3.25. The summed E-state index contributed by atoms with van der Waals surface area (Å²) in [6.45, 7) is 7.19. The van der Waals surface area contributed by atoms with Crippen molar-refractivity contribution in [1.82, 2.24) is 9.78 Å². The fourth-order valence-corrected chi connectivity index (χ4v) is 3.13. The van der Waals surface area contributed by atoms with Crippen LogP contribution in [-0.2, 0) is 25.8 Å². The first-order chi connectivity index (χ1) is 9.17. The maximum atomic E-state index is 10.4. The zero-order valence-electron chi connectivity index (χ0n) is 11.9. The molecule has 0 aliphatic rings. The van der Waals surface area contributed by atoms with Gasteiger partial charge in [-0.3, -0.25) is 4.68 Å². The summed E-state index contributed by atoms with van der Waals surface area (Å²) in [5.74, 6) is 0. The van der Waals surface area contributed by atoms with Crippen molar-refractivity contribution >= 4 is 11.3 Å². The van der Waals surface area contributed by atoms with Crippen LogP contribution in [0.25, 0.3) is 0 Å². The number of rotatable bonds is 6. The molecule has 0 aliphatic carbocycles. The van der Waals surface area contributed by atoms with Crippen LogP contribution in [0.15, 0.2) is 18.2 Å². The SMILES string of the molecule is CCc1cc(CC(O)c2ccc(CC)s2)n(CC)n1. The number of aromatic nitrogens is 2. The van der Waals surface area contributed by atoms with Crippen LogP contribution in [0.4, 0.5) is 0 Å². The van der Waals surface area contributed by atoms with E-state index in [1.54, 1.807) is 11.3 Å². The van der Waals surface area contributed by atoms with Gasteiger partial charge in [0, 0.05) is 28.4 Å². The summed E-state index contributed by atoms with van der Waals surface area (Å²) < 4.78 is 2.00. The number of hydrogen-bond acceptors (Lipinski definition) is 3. The minimum absolute atomic E-state index is 0.419. The number of aryl methyl sites for hydroxylation is 3. The van der Waals surface area contributed by atoms with Crippen LogP contribution in [-0.4, -0.2) is 14.9 Å². The minimum Gasteiger partial charge on any atom is -0.387 e. The van der Waals surface area contributed by atoms with Crippen molar-refractivity contribution in [1.29, 1.82) is 0 Å². The highest BCUT2D eigenvalue weighted by Gasteiger charge is 2.15. The second-order valence-electron chi connectivity index (χ2n) is 4.67. The van der Waals surface area contributed by atoms with Gasteiger partial charge in [0.1, 0.15) is 0 Å². The van der Waals surface area contributed by atoms with Gasteiger partial charge in [-0.2, -0.15) is 5.10 Å². The van der Waals surface area contributed by atoms with Gasteiger partial charge >= 0.3 is 0 Å². The van der Waals surface area contributed by atoms with Crippen molar-refractivity contribution in [3.8, 4) is 0 Å². The van der Waals surface area contributed by atoms with E-state index in [0.717, 1.165) is 35.7 Å². The highest BCUT2D eigenvalue weighted by atomic mass is 32.1. The molecular formula is C15H22N2OS. The van der Waals surface area contributed by atoms with E-state index >= 15 is 0 Å². The van der Waals surface area contributed by atoms with Crippen molar-refractivity contribution in [3.63, 3.8) is 0 Å². The Morgan fingerprint density at radius 2 is 2.05 bits per heavy atom. The lowest BCUT2D eigenvalue weighted by atomic mass is 10.1. The molecule has 2 aromatic rings. The molecule has 0 aliphatic heterocycles. The lowest BCUT2D eigenvalue weighted by molar-refractivity contribution is 0.179. The quantitative estimate of drug-likeness (QED) is 0.880. The Morgan fingerprint density at radius 1 is 1.26 bits per heavy atom. The van der Waals surface area contributed by atoms with Gasteiger partial charge in [-0.25, -0.2) is 0 Å². The monoisotopic (exact) mass is 278 g/mol. The highest BCUT2D eigenvalue weighted by molar-refractivity contribution is 7.12. The maximum absolute atomic E-state index is 10.4. The molecule has 1 unspecified atom stereocenters. The topological polar surface area (TPSA) is 38.0 Å². The molecular weight excluding hydrogens is 256 g/mol. The molecule has 0 saturated heterocycles. The van der Waals surface area contributed by atoms with Gasteiger partial charge in [0.25, 0.3) is 0 Å². The highest BCUT2D eigenvalue weighted by Crippen LogP contribution is 2.26. The first-order valence-corrected chi connectivity index (χ1v) is 7.81. The van der Waals surface area contributed by atoms with Crippen molar-refractivity contribution < 1.29 is 5.11 Å². The zero-order chi connectivity index (χ0) is 13.8. The Labute approximate surface area is 118 Å². The minimum atomic E-state index is -0.419. The average molecular weight is 278 g/mol. The van der Waals surface area contributed by atoms with Gasteiger partial charge in [-0.15, -0.1) is 11.3 Å². The Hall–Kier alpha value is -1.13. The normalized spacial score (nSPS) is 12.8. The van der Waals surface area contributed by atoms with Crippen LogP contribution in [0.5, 0.6) is 0 Å². The maximum Gasteiger partial charge on any atom is 0.0937 e. The van der Waals surface area contributed by atoms with E-state index in [4.69, 9.17) is 0 Å². The largest absolute Gasteiger partial charge is 0.387 e. The molecule has 2 rings (SSSR count). The van der Waals surface area contributed by atoms with Gasteiger partial charge in [0.15, 0.2) is 0 Å². The molecule has 104 valence electrons. The van der Waals surface area contributed by atoms with Crippen LogP contribution < -0.4 is 0 Å².